The third kappa shape index (κ3) is 3.22. The van der Waals surface area contributed by atoms with E-state index < -0.39 is 5.41 Å². The fourth-order valence-electron chi connectivity index (χ4n) is 3.54. The summed E-state index contributed by atoms with van der Waals surface area (Å²) in [7, 11) is 1.67. The normalized spacial score (nSPS) is 17.1. The molecule has 0 bridgehead atoms. The summed E-state index contributed by atoms with van der Waals surface area (Å²) >= 11 is 0. The fraction of sp³-hybridized carbons (Fsp3) is 0.474. The summed E-state index contributed by atoms with van der Waals surface area (Å²) in [4.78, 5) is 17.5. The Labute approximate surface area is 137 Å². The van der Waals surface area contributed by atoms with Crippen molar-refractivity contribution in [2.75, 3.05) is 19.0 Å². The minimum atomic E-state index is -0.398. The van der Waals surface area contributed by atoms with E-state index >= 15 is 0 Å². The number of anilines is 1. The zero-order valence-electron chi connectivity index (χ0n) is 13.9. The van der Waals surface area contributed by atoms with E-state index in [1.807, 2.05) is 37.3 Å². The number of rotatable bonds is 4. The van der Waals surface area contributed by atoms with Crippen LogP contribution in [0.25, 0.3) is 10.9 Å². The highest BCUT2D eigenvalue weighted by Gasteiger charge is 2.39. The topological polar surface area (TPSA) is 51.2 Å². The molecule has 23 heavy (non-hydrogen) atoms. The lowest BCUT2D eigenvalue weighted by Gasteiger charge is -2.35. The lowest BCUT2D eigenvalue weighted by molar-refractivity contribution is -0.131. The van der Waals surface area contributed by atoms with E-state index in [-0.39, 0.29) is 5.91 Å². The van der Waals surface area contributed by atoms with Gasteiger partial charge in [-0.3, -0.25) is 9.78 Å². The van der Waals surface area contributed by atoms with Crippen LogP contribution in [-0.4, -0.2) is 24.6 Å². The van der Waals surface area contributed by atoms with Crippen LogP contribution in [0.15, 0.2) is 30.3 Å². The van der Waals surface area contributed by atoms with Gasteiger partial charge in [0.2, 0.25) is 5.91 Å². The number of benzene rings is 1. The second-order valence-corrected chi connectivity index (χ2v) is 6.54. The number of hydrogen-bond acceptors (Lipinski definition) is 3. The molecular formula is C19H24N2O2. The Morgan fingerprint density at radius 1 is 1.26 bits per heavy atom. The van der Waals surface area contributed by atoms with Crippen molar-refractivity contribution in [1.29, 1.82) is 0 Å². The summed E-state index contributed by atoms with van der Waals surface area (Å²) in [5, 5.41) is 4.16. The lowest BCUT2D eigenvalue weighted by Crippen LogP contribution is -2.41. The van der Waals surface area contributed by atoms with Crippen LogP contribution in [0.5, 0.6) is 0 Å². The second kappa shape index (κ2) is 6.67. The average molecular weight is 312 g/mol. The van der Waals surface area contributed by atoms with Gasteiger partial charge in [0.05, 0.1) is 28.9 Å². The Balaban J connectivity index is 1.87. The van der Waals surface area contributed by atoms with E-state index in [0.717, 1.165) is 48.0 Å². The van der Waals surface area contributed by atoms with Gasteiger partial charge in [-0.25, -0.2) is 0 Å². The minimum Gasteiger partial charge on any atom is -0.384 e. The average Bonchev–Trinajstić information content (AvgIpc) is 2.56. The van der Waals surface area contributed by atoms with Crippen molar-refractivity contribution in [1.82, 2.24) is 4.98 Å². The molecule has 1 aromatic heterocycles. The van der Waals surface area contributed by atoms with E-state index in [1.165, 1.54) is 6.42 Å². The number of hydrogen-bond donors (Lipinski definition) is 1. The van der Waals surface area contributed by atoms with Crippen LogP contribution in [0.2, 0.25) is 0 Å². The van der Waals surface area contributed by atoms with Gasteiger partial charge in [-0.15, -0.1) is 0 Å². The first kappa shape index (κ1) is 15.9. The molecule has 1 saturated carbocycles. The Kier molecular flexibility index (Phi) is 4.62. The molecule has 1 aromatic carbocycles. The summed E-state index contributed by atoms with van der Waals surface area (Å²) in [5.41, 5.74) is 2.20. The van der Waals surface area contributed by atoms with Gasteiger partial charge in [0.1, 0.15) is 0 Å². The molecule has 4 heteroatoms. The largest absolute Gasteiger partial charge is 0.384 e. The van der Waals surface area contributed by atoms with Crippen LogP contribution >= 0.6 is 0 Å². The fourth-order valence-corrected chi connectivity index (χ4v) is 3.54. The molecule has 0 atom stereocenters. The molecular weight excluding hydrogens is 288 g/mol. The zero-order chi connectivity index (χ0) is 16.3. The number of amides is 1. The van der Waals surface area contributed by atoms with Crippen LogP contribution < -0.4 is 5.32 Å². The van der Waals surface area contributed by atoms with Crippen molar-refractivity contribution in [3.05, 3.63) is 36.0 Å². The standard InChI is InChI=1S/C19H24N2O2/c1-14-17(12-15-8-4-5-9-16(15)20-14)21-18(22)19(13-23-2)10-6-3-7-11-19/h4-5,8-9,12H,3,6-7,10-11,13H2,1-2H3,(H,21,22). The van der Waals surface area contributed by atoms with Crippen LogP contribution in [-0.2, 0) is 9.53 Å². The van der Waals surface area contributed by atoms with E-state index in [0.29, 0.717) is 6.61 Å². The predicted octanol–water partition coefficient (Wildman–Crippen LogP) is 4.08. The first-order chi connectivity index (χ1) is 11.1. The van der Waals surface area contributed by atoms with Crippen LogP contribution in [0.3, 0.4) is 0 Å². The summed E-state index contributed by atoms with van der Waals surface area (Å²) in [6.07, 6.45) is 5.17. The third-order valence-electron chi connectivity index (χ3n) is 4.88. The zero-order valence-corrected chi connectivity index (χ0v) is 13.9. The SMILES string of the molecule is COCC1(C(=O)Nc2cc3ccccc3nc2C)CCCCC1. The van der Waals surface area contributed by atoms with Crippen molar-refractivity contribution in [2.45, 2.75) is 39.0 Å². The number of aromatic nitrogens is 1. The number of aryl methyl sites for hydroxylation is 1. The van der Waals surface area contributed by atoms with E-state index in [9.17, 15) is 4.79 Å². The van der Waals surface area contributed by atoms with Crippen molar-refractivity contribution in [2.24, 2.45) is 5.41 Å². The maximum atomic E-state index is 12.9. The molecule has 1 N–H and O–H groups in total. The molecule has 1 aliphatic carbocycles. The third-order valence-corrected chi connectivity index (χ3v) is 4.88. The summed E-state index contributed by atoms with van der Waals surface area (Å²) in [6, 6.07) is 9.98. The number of methoxy groups -OCH3 is 1. The maximum absolute atomic E-state index is 12.9. The van der Waals surface area contributed by atoms with E-state index in [2.05, 4.69) is 10.3 Å². The van der Waals surface area contributed by atoms with Gasteiger partial charge in [-0.2, -0.15) is 0 Å². The predicted molar refractivity (Wildman–Crippen MR) is 92.5 cm³/mol. The first-order valence-corrected chi connectivity index (χ1v) is 8.31. The molecule has 1 heterocycles. The smallest absolute Gasteiger partial charge is 0.232 e. The molecule has 0 spiro atoms. The van der Waals surface area contributed by atoms with E-state index in [4.69, 9.17) is 4.74 Å². The lowest BCUT2D eigenvalue weighted by atomic mass is 9.74. The Bertz CT molecular complexity index is 700. The van der Waals surface area contributed by atoms with Gasteiger partial charge in [0.15, 0.2) is 0 Å². The molecule has 0 aliphatic heterocycles. The molecule has 0 saturated heterocycles. The summed E-state index contributed by atoms with van der Waals surface area (Å²) in [5.74, 6) is 0.0687. The quantitative estimate of drug-likeness (QED) is 0.925. The van der Waals surface area contributed by atoms with Crippen molar-refractivity contribution >= 4 is 22.5 Å². The first-order valence-electron chi connectivity index (χ1n) is 8.31. The van der Waals surface area contributed by atoms with Crippen molar-refractivity contribution < 1.29 is 9.53 Å². The Morgan fingerprint density at radius 2 is 2.00 bits per heavy atom. The van der Waals surface area contributed by atoms with Crippen molar-refractivity contribution in [3.8, 4) is 0 Å². The Hall–Kier alpha value is -1.94. The number of pyridine rings is 1. The van der Waals surface area contributed by atoms with Crippen molar-refractivity contribution in [3.63, 3.8) is 0 Å². The van der Waals surface area contributed by atoms with Gasteiger partial charge in [-0.05, 0) is 31.9 Å². The molecule has 0 radical (unpaired) electrons. The molecule has 3 rings (SSSR count). The number of nitrogens with zero attached hydrogens (tertiary/aromatic N) is 1. The van der Waals surface area contributed by atoms with Gasteiger partial charge in [0, 0.05) is 12.5 Å². The minimum absolute atomic E-state index is 0.0687. The molecule has 1 amide bonds. The van der Waals surface area contributed by atoms with Gasteiger partial charge < -0.3 is 10.1 Å². The van der Waals surface area contributed by atoms with Crippen LogP contribution in [0.1, 0.15) is 37.8 Å². The number of ether oxygens (including phenoxy) is 1. The molecule has 4 nitrogen and oxygen atoms in total. The maximum Gasteiger partial charge on any atom is 0.232 e. The summed E-state index contributed by atoms with van der Waals surface area (Å²) in [6.45, 7) is 2.42. The van der Waals surface area contributed by atoms with Crippen LogP contribution in [0, 0.1) is 12.3 Å². The number of fused-ring (bicyclic) bond motifs is 1. The highest BCUT2D eigenvalue weighted by Crippen LogP contribution is 2.38. The number of para-hydroxylation sites is 1. The molecule has 1 aliphatic rings. The highest BCUT2D eigenvalue weighted by atomic mass is 16.5. The molecule has 2 aromatic rings. The van der Waals surface area contributed by atoms with Gasteiger partial charge in [-0.1, -0.05) is 37.5 Å². The molecule has 0 unspecified atom stereocenters. The number of carbonyl (C=O) groups excluding carboxylic acids is 1. The Morgan fingerprint density at radius 3 is 2.74 bits per heavy atom. The number of carbonyl (C=O) groups is 1. The monoisotopic (exact) mass is 312 g/mol. The van der Waals surface area contributed by atoms with Crippen LogP contribution in [0.4, 0.5) is 5.69 Å². The highest BCUT2D eigenvalue weighted by molar-refractivity contribution is 5.97. The summed E-state index contributed by atoms with van der Waals surface area (Å²) < 4.78 is 5.37. The molecule has 122 valence electrons. The number of nitrogens with one attached hydrogen (secondary N) is 1. The second-order valence-electron chi connectivity index (χ2n) is 6.54. The van der Waals surface area contributed by atoms with E-state index in [1.54, 1.807) is 7.11 Å². The van der Waals surface area contributed by atoms with Gasteiger partial charge >= 0.3 is 0 Å². The molecule has 1 fully saturated rings. The van der Waals surface area contributed by atoms with Gasteiger partial charge in [0.25, 0.3) is 0 Å².